The molecule has 1 heterocycles. The van der Waals surface area contributed by atoms with Gasteiger partial charge in [-0.05, 0) is 58.0 Å². The smallest absolute Gasteiger partial charge is 0.244 e. The number of amides is 1. The Morgan fingerprint density at radius 1 is 1.23 bits per heavy atom. The molecule has 0 fully saturated rings. The molecule has 1 N–H and O–H groups in total. The van der Waals surface area contributed by atoms with Gasteiger partial charge >= 0.3 is 0 Å². The number of hydrogen-bond donors (Lipinski definition) is 1. The van der Waals surface area contributed by atoms with Gasteiger partial charge in [0.25, 0.3) is 0 Å². The van der Waals surface area contributed by atoms with Crippen molar-refractivity contribution in [1.82, 2.24) is 5.32 Å². The van der Waals surface area contributed by atoms with E-state index in [2.05, 4.69) is 5.32 Å². The number of halogens is 1. The van der Waals surface area contributed by atoms with Crippen molar-refractivity contribution in [3.05, 3.63) is 59.4 Å². The molecule has 0 bridgehead atoms. The van der Waals surface area contributed by atoms with Crippen LogP contribution in [0.15, 0.2) is 42.5 Å². The van der Waals surface area contributed by atoms with Crippen molar-refractivity contribution in [2.75, 3.05) is 10.6 Å². The van der Waals surface area contributed by atoms with Crippen LogP contribution in [0.3, 0.4) is 0 Å². The average Bonchev–Trinajstić information content (AvgIpc) is 2.62. The number of aryl methyl sites for hydroxylation is 1. The SMILES string of the molecule is Cc1ccc2c(c1)[C@H](NC(=O)[C@@H](C)N(c1ccc(F)cc1)S(C)(=O)=O)CC(C)(C)O2. The van der Waals surface area contributed by atoms with Crippen LogP contribution in [0, 0.1) is 12.7 Å². The summed E-state index contributed by atoms with van der Waals surface area (Å²) in [6.07, 6.45) is 1.56. The van der Waals surface area contributed by atoms with Crippen LogP contribution in [-0.4, -0.2) is 32.2 Å². The fraction of sp³-hybridized carbons (Fsp3) is 0.409. The molecule has 0 saturated heterocycles. The van der Waals surface area contributed by atoms with Crippen LogP contribution in [0.2, 0.25) is 0 Å². The third-order valence-corrected chi connectivity index (χ3v) is 6.35. The van der Waals surface area contributed by atoms with Gasteiger partial charge in [-0.1, -0.05) is 17.7 Å². The first-order valence-electron chi connectivity index (χ1n) is 9.72. The first kappa shape index (κ1) is 22.1. The van der Waals surface area contributed by atoms with Crippen LogP contribution in [0.5, 0.6) is 5.75 Å². The Kier molecular flexibility index (Phi) is 5.82. The van der Waals surface area contributed by atoms with Gasteiger partial charge in [-0.25, -0.2) is 12.8 Å². The Morgan fingerprint density at radius 3 is 2.47 bits per heavy atom. The van der Waals surface area contributed by atoms with E-state index in [0.717, 1.165) is 33.8 Å². The first-order chi connectivity index (χ1) is 13.9. The first-order valence-corrected chi connectivity index (χ1v) is 11.6. The number of carbonyl (C=O) groups is 1. The zero-order valence-electron chi connectivity index (χ0n) is 17.8. The molecule has 0 aromatic heterocycles. The highest BCUT2D eigenvalue weighted by atomic mass is 32.2. The number of ether oxygens (including phenoxy) is 1. The van der Waals surface area contributed by atoms with E-state index in [1.807, 2.05) is 39.0 Å². The normalized spacial score (nSPS) is 18.7. The average molecular weight is 435 g/mol. The predicted octanol–water partition coefficient (Wildman–Crippen LogP) is 3.71. The summed E-state index contributed by atoms with van der Waals surface area (Å²) >= 11 is 0. The monoisotopic (exact) mass is 434 g/mol. The summed E-state index contributed by atoms with van der Waals surface area (Å²) in [5.41, 5.74) is 1.64. The van der Waals surface area contributed by atoms with E-state index in [4.69, 9.17) is 4.74 Å². The highest BCUT2D eigenvalue weighted by Gasteiger charge is 2.37. The molecular weight excluding hydrogens is 407 g/mol. The van der Waals surface area contributed by atoms with Crippen molar-refractivity contribution in [3.8, 4) is 5.75 Å². The number of sulfonamides is 1. The van der Waals surface area contributed by atoms with Gasteiger partial charge in [-0.2, -0.15) is 0 Å². The van der Waals surface area contributed by atoms with Crippen LogP contribution in [0.1, 0.15) is 44.4 Å². The Hall–Kier alpha value is -2.61. The molecule has 0 saturated carbocycles. The molecular formula is C22H27FN2O4S. The molecule has 3 rings (SSSR count). The Bertz CT molecular complexity index is 1050. The molecule has 2 aromatic carbocycles. The summed E-state index contributed by atoms with van der Waals surface area (Å²) in [7, 11) is -3.78. The van der Waals surface area contributed by atoms with Gasteiger partial charge in [0.2, 0.25) is 15.9 Å². The maximum atomic E-state index is 13.3. The highest BCUT2D eigenvalue weighted by Crippen LogP contribution is 2.40. The maximum Gasteiger partial charge on any atom is 0.244 e. The molecule has 1 aliphatic heterocycles. The van der Waals surface area contributed by atoms with Gasteiger partial charge in [-0.3, -0.25) is 9.10 Å². The Labute approximate surface area is 177 Å². The number of nitrogens with one attached hydrogen (secondary N) is 1. The van der Waals surface area contributed by atoms with E-state index in [1.54, 1.807) is 0 Å². The van der Waals surface area contributed by atoms with Crippen LogP contribution in [-0.2, 0) is 14.8 Å². The van der Waals surface area contributed by atoms with Gasteiger partial charge in [0.05, 0.1) is 18.0 Å². The standard InChI is InChI=1S/C22H27FN2O4S/c1-14-6-11-20-18(12-14)19(13-22(3,4)29-20)24-21(26)15(2)25(30(5,27)28)17-9-7-16(23)8-10-17/h6-12,15,19H,13H2,1-5H3,(H,24,26)/t15-,19-/m1/s1. The van der Waals surface area contributed by atoms with Crippen molar-refractivity contribution in [2.24, 2.45) is 0 Å². The second-order valence-corrected chi connectivity index (χ2v) is 10.2. The number of nitrogens with zero attached hydrogens (tertiary/aromatic N) is 1. The van der Waals surface area contributed by atoms with Crippen molar-refractivity contribution in [1.29, 1.82) is 0 Å². The topological polar surface area (TPSA) is 75.7 Å². The summed E-state index contributed by atoms with van der Waals surface area (Å²) in [6, 6.07) is 9.47. The molecule has 0 aliphatic carbocycles. The molecule has 2 aromatic rings. The lowest BCUT2D eigenvalue weighted by Gasteiger charge is -2.39. The van der Waals surface area contributed by atoms with Crippen LogP contribution >= 0.6 is 0 Å². The Morgan fingerprint density at radius 2 is 1.87 bits per heavy atom. The van der Waals surface area contributed by atoms with Crippen molar-refractivity contribution < 1.29 is 22.3 Å². The Balaban J connectivity index is 1.90. The lowest BCUT2D eigenvalue weighted by molar-refractivity contribution is -0.123. The lowest BCUT2D eigenvalue weighted by atomic mass is 9.89. The van der Waals surface area contributed by atoms with Gasteiger partial charge in [0.15, 0.2) is 0 Å². The summed E-state index contributed by atoms with van der Waals surface area (Å²) in [4.78, 5) is 13.1. The van der Waals surface area contributed by atoms with Gasteiger partial charge < -0.3 is 10.1 Å². The summed E-state index contributed by atoms with van der Waals surface area (Å²) in [6.45, 7) is 7.36. The van der Waals surface area contributed by atoms with Crippen LogP contribution < -0.4 is 14.4 Å². The molecule has 30 heavy (non-hydrogen) atoms. The number of fused-ring (bicyclic) bond motifs is 1. The fourth-order valence-electron chi connectivity index (χ4n) is 3.79. The number of anilines is 1. The number of rotatable bonds is 5. The van der Waals surface area contributed by atoms with Crippen molar-refractivity contribution in [2.45, 2.75) is 51.8 Å². The van der Waals surface area contributed by atoms with Crippen LogP contribution in [0.25, 0.3) is 0 Å². The van der Waals surface area contributed by atoms with E-state index in [1.165, 1.54) is 19.1 Å². The summed E-state index contributed by atoms with van der Waals surface area (Å²) < 4.78 is 45.2. The molecule has 2 atom stereocenters. The molecule has 0 spiro atoms. The number of benzene rings is 2. The number of carbonyl (C=O) groups excluding carboxylic acids is 1. The summed E-state index contributed by atoms with van der Waals surface area (Å²) in [5, 5.41) is 2.99. The van der Waals surface area contributed by atoms with E-state index in [9.17, 15) is 17.6 Å². The molecule has 0 unspecified atom stereocenters. The molecule has 6 nitrogen and oxygen atoms in total. The van der Waals surface area contributed by atoms with E-state index < -0.39 is 33.4 Å². The minimum Gasteiger partial charge on any atom is -0.487 e. The molecule has 1 amide bonds. The molecule has 1 aliphatic rings. The largest absolute Gasteiger partial charge is 0.487 e. The molecule has 162 valence electrons. The van der Waals surface area contributed by atoms with Gasteiger partial charge in [-0.15, -0.1) is 0 Å². The zero-order chi connectivity index (χ0) is 22.3. The van der Waals surface area contributed by atoms with Gasteiger partial charge in [0, 0.05) is 12.0 Å². The second kappa shape index (κ2) is 7.91. The zero-order valence-corrected chi connectivity index (χ0v) is 18.6. The van der Waals surface area contributed by atoms with E-state index in [-0.39, 0.29) is 11.7 Å². The number of hydrogen-bond acceptors (Lipinski definition) is 4. The highest BCUT2D eigenvalue weighted by molar-refractivity contribution is 7.92. The van der Waals surface area contributed by atoms with Crippen LogP contribution in [0.4, 0.5) is 10.1 Å². The molecule has 0 radical (unpaired) electrons. The second-order valence-electron chi connectivity index (χ2n) is 8.38. The minimum atomic E-state index is -3.78. The molecule has 8 heteroatoms. The third kappa shape index (κ3) is 4.75. The summed E-state index contributed by atoms with van der Waals surface area (Å²) in [5.74, 6) is -0.228. The van der Waals surface area contributed by atoms with Crippen molar-refractivity contribution >= 4 is 21.6 Å². The van der Waals surface area contributed by atoms with Crippen molar-refractivity contribution in [3.63, 3.8) is 0 Å². The lowest BCUT2D eigenvalue weighted by Crippen LogP contribution is -2.50. The van der Waals surface area contributed by atoms with E-state index >= 15 is 0 Å². The third-order valence-electron chi connectivity index (χ3n) is 5.11. The predicted molar refractivity (Wildman–Crippen MR) is 115 cm³/mol. The minimum absolute atomic E-state index is 0.227. The van der Waals surface area contributed by atoms with E-state index in [0.29, 0.717) is 12.2 Å². The quantitative estimate of drug-likeness (QED) is 0.779. The maximum absolute atomic E-state index is 13.3. The van der Waals surface area contributed by atoms with Gasteiger partial charge in [0.1, 0.15) is 23.2 Å². The fourth-order valence-corrected chi connectivity index (χ4v) is 4.97.